The quantitative estimate of drug-likeness (QED) is 0.758. The molecule has 4 rings (SSSR count). The Labute approximate surface area is 165 Å². The third kappa shape index (κ3) is 2.85. The Kier molecular flexibility index (Phi) is 4.31. The number of nitrogens with zero attached hydrogens (tertiary/aromatic N) is 2. The smallest absolute Gasteiger partial charge is 0.321 e. The van der Waals surface area contributed by atoms with E-state index in [1.54, 1.807) is 12.1 Å². The summed E-state index contributed by atoms with van der Waals surface area (Å²) >= 11 is 12.1. The molecule has 2 heterocycles. The van der Waals surface area contributed by atoms with Gasteiger partial charge in [0, 0.05) is 29.1 Å². The molecule has 2 atom stereocenters. The van der Waals surface area contributed by atoms with Crippen LogP contribution in [-0.4, -0.2) is 30.6 Å². The highest BCUT2D eigenvalue weighted by Gasteiger charge is 2.58. The van der Waals surface area contributed by atoms with Crippen molar-refractivity contribution < 1.29 is 9.59 Å². The monoisotopic (exact) mass is 400 g/mol. The largest absolute Gasteiger partial charge is 0.329 e. The van der Waals surface area contributed by atoms with Crippen molar-refractivity contribution in [2.24, 2.45) is 0 Å². The van der Waals surface area contributed by atoms with Crippen LogP contribution in [-0.2, 0) is 4.79 Å². The van der Waals surface area contributed by atoms with E-state index in [4.69, 9.17) is 28.5 Å². The average molecular weight is 401 g/mol. The van der Waals surface area contributed by atoms with Crippen LogP contribution in [0.3, 0.4) is 0 Å². The second-order valence-electron chi connectivity index (χ2n) is 6.59. The van der Waals surface area contributed by atoms with Crippen molar-refractivity contribution in [2.45, 2.75) is 11.5 Å². The molecule has 8 heteroatoms. The third-order valence-corrected chi connectivity index (χ3v) is 5.45. The van der Waals surface area contributed by atoms with Crippen LogP contribution in [0.25, 0.3) is 0 Å². The van der Waals surface area contributed by atoms with Gasteiger partial charge in [0.2, 0.25) is 0 Å². The summed E-state index contributed by atoms with van der Waals surface area (Å²) in [4.78, 5) is 27.1. The fraction of sp³-hybridized carbons (Fsp3) is 0.211. The Hall–Kier alpha value is -2.59. The van der Waals surface area contributed by atoms with Gasteiger partial charge in [-0.3, -0.25) is 4.79 Å². The zero-order valence-corrected chi connectivity index (χ0v) is 15.5. The van der Waals surface area contributed by atoms with Gasteiger partial charge in [-0.15, -0.1) is 0 Å². The van der Waals surface area contributed by atoms with Gasteiger partial charge in [0.05, 0.1) is 17.3 Å². The second-order valence-corrected chi connectivity index (χ2v) is 7.46. The van der Waals surface area contributed by atoms with Crippen LogP contribution in [0.5, 0.6) is 0 Å². The van der Waals surface area contributed by atoms with E-state index in [-0.39, 0.29) is 11.8 Å². The van der Waals surface area contributed by atoms with Gasteiger partial charge >= 0.3 is 6.03 Å². The van der Waals surface area contributed by atoms with Crippen LogP contribution in [0.2, 0.25) is 10.0 Å². The van der Waals surface area contributed by atoms with Crippen LogP contribution in [0.4, 0.5) is 10.5 Å². The molecule has 3 amide bonds. The summed E-state index contributed by atoms with van der Waals surface area (Å²) in [6, 6.07) is 13.2. The first-order valence-corrected chi connectivity index (χ1v) is 9.04. The molecule has 2 aromatic carbocycles. The molecule has 2 aromatic rings. The number of nitriles is 1. The van der Waals surface area contributed by atoms with Crippen molar-refractivity contribution in [1.29, 1.82) is 5.26 Å². The number of carbonyl (C=O) groups is 2. The Balaban J connectivity index is 1.73. The lowest BCUT2D eigenvalue weighted by atomic mass is 9.81. The molecule has 136 valence electrons. The van der Waals surface area contributed by atoms with Gasteiger partial charge in [-0.1, -0.05) is 35.3 Å². The number of carbonyl (C=O) groups excluding carboxylic acids is 2. The number of rotatable bonds is 2. The maximum absolute atomic E-state index is 13.3. The molecule has 0 bridgehead atoms. The number of anilines is 1. The molecular formula is C19H14Cl2N4O2. The minimum Gasteiger partial charge on any atom is -0.321 e. The van der Waals surface area contributed by atoms with Gasteiger partial charge < -0.3 is 10.6 Å². The van der Waals surface area contributed by atoms with Crippen molar-refractivity contribution >= 4 is 40.8 Å². The minimum absolute atomic E-state index is 0.263. The average Bonchev–Trinajstić information content (AvgIpc) is 3.16. The fourth-order valence-electron chi connectivity index (χ4n) is 3.75. The highest BCUT2D eigenvalue weighted by atomic mass is 35.5. The van der Waals surface area contributed by atoms with E-state index in [1.807, 2.05) is 12.1 Å². The maximum Gasteiger partial charge on any atom is 0.329 e. The Bertz CT molecular complexity index is 966. The molecule has 2 unspecified atom stereocenters. The van der Waals surface area contributed by atoms with Crippen molar-refractivity contribution in [3.8, 4) is 6.07 Å². The first-order chi connectivity index (χ1) is 12.9. The highest BCUT2D eigenvalue weighted by molar-refractivity contribution is 6.35. The molecule has 27 heavy (non-hydrogen) atoms. The lowest BCUT2D eigenvalue weighted by Gasteiger charge is -2.28. The summed E-state index contributed by atoms with van der Waals surface area (Å²) in [6.45, 7) is 0.842. The number of imide groups is 1. The topological polar surface area (TPSA) is 85.2 Å². The van der Waals surface area contributed by atoms with Gasteiger partial charge in [-0.05, 0) is 35.9 Å². The molecule has 2 fully saturated rings. The number of hydrogen-bond acceptors (Lipinski definition) is 4. The summed E-state index contributed by atoms with van der Waals surface area (Å²) < 4.78 is 0. The summed E-state index contributed by atoms with van der Waals surface area (Å²) in [6.07, 6.45) is 0. The fourth-order valence-corrected chi connectivity index (χ4v) is 4.27. The van der Waals surface area contributed by atoms with Gasteiger partial charge in [0.1, 0.15) is 5.54 Å². The highest BCUT2D eigenvalue weighted by Crippen LogP contribution is 2.39. The first-order valence-electron chi connectivity index (χ1n) is 8.28. The third-order valence-electron chi connectivity index (χ3n) is 5.01. The Morgan fingerprint density at radius 1 is 1.11 bits per heavy atom. The van der Waals surface area contributed by atoms with Crippen LogP contribution in [0.1, 0.15) is 17.0 Å². The molecule has 0 radical (unpaired) electrons. The number of urea groups is 1. The Morgan fingerprint density at radius 3 is 2.41 bits per heavy atom. The van der Waals surface area contributed by atoms with Gasteiger partial charge in [0.25, 0.3) is 5.91 Å². The molecule has 2 saturated heterocycles. The summed E-state index contributed by atoms with van der Waals surface area (Å²) in [5, 5.41) is 15.7. The molecule has 1 spiro atoms. The minimum atomic E-state index is -1.10. The zero-order valence-electron chi connectivity index (χ0n) is 14.0. The predicted octanol–water partition coefficient (Wildman–Crippen LogP) is 3.05. The zero-order chi connectivity index (χ0) is 19.2. The maximum atomic E-state index is 13.3. The molecule has 2 N–H and O–H groups in total. The standard InChI is InChI=1S/C19H14Cl2N4O2/c20-13-5-14(21)7-15(6-13)25-17(26)19(24-18(25)27)10-23-9-16(19)12-3-1-11(8-22)2-4-12/h1-7,16,23H,9-10H2,(H,24,27). The molecular weight excluding hydrogens is 387 g/mol. The molecule has 6 nitrogen and oxygen atoms in total. The summed E-state index contributed by atoms with van der Waals surface area (Å²) in [5.41, 5.74) is 0.645. The normalized spacial score (nSPS) is 24.3. The van der Waals surface area contributed by atoms with E-state index in [0.717, 1.165) is 10.5 Å². The van der Waals surface area contributed by atoms with E-state index < -0.39 is 11.6 Å². The Morgan fingerprint density at radius 2 is 1.78 bits per heavy atom. The van der Waals surface area contributed by atoms with Crippen molar-refractivity contribution in [3.63, 3.8) is 0 Å². The predicted molar refractivity (Wildman–Crippen MR) is 102 cm³/mol. The summed E-state index contributed by atoms with van der Waals surface area (Å²) in [7, 11) is 0. The first kappa shape index (κ1) is 17.8. The number of benzene rings is 2. The second kappa shape index (κ2) is 6.54. The lowest BCUT2D eigenvalue weighted by molar-refractivity contribution is -0.121. The van der Waals surface area contributed by atoms with Crippen LogP contribution < -0.4 is 15.5 Å². The molecule has 0 aromatic heterocycles. The number of hydrogen-bond donors (Lipinski definition) is 2. The molecule has 0 saturated carbocycles. The van der Waals surface area contributed by atoms with Crippen LogP contribution >= 0.6 is 23.2 Å². The van der Waals surface area contributed by atoms with E-state index in [0.29, 0.717) is 34.4 Å². The van der Waals surface area contributed by atoms with Gasteiger partial charge in [-0.2, -0.15) is 5.26 Å². The molecule has 2 aliphatic rings. The number of amides is 3. The van der Waals surface area contributed by atoms with E-state index >= 15 is 0 Å². The van der Waals surface area contributed by atoms with E-state index in [9.17, 15) is 9.59 Å². The van der Waals surface area contributed by atoms with E-state index in [2.05, 4.69) is 16.7 Å². The van der Waals surface area contributed by atoms with Crippen molar-refractivity contribution in [2.75, 3.05) is 18.0 Å². The number of nitrogens with one attached hydrogen (secondary N) is 2. The van der Waals surface area contributed by atoms with Crippen LogP contribution in [0.15, 0.2) is 42.5 Å². The van der Waals surface area contributed by atoms with Crippen LogP contribution in [0, 0.1) is 11.3 Å². The molecule has 2 aliphatic heterocycles. The SMILES string of the molecule is N#Cc1ccc(C2CNCC23NC(=O)N(c2cc(Cl)cc(Cl)c2)C3=O)cc1. The lowest BCUT2D eigenvalue weighted by Crippen LogP contribution is -2.52. The van der Waals surface area contributed by atoms with E-state index in [1.165, 1.54) is 18.2 Å². The van der Waals surface area contributed by atoms with Gasteiger partial charge in [0.15, 0.2) is 0 Å². The summed E-state index contributed by atoms with van der Waals surface area (Å²) in [5.74, 6) is -0.619. The molecule has 0 aliphatic carbocycles. The van der Waals surface area contributed by atoms with Gasteiger partial charge in [-0.25, -0.2) is 9.69 Å². The van der Waals surface area contributed by atoms with Crippen molar-refractivity contribution in [3.05, 3.63) is 63.6 Å². The number of halogens is 2. The van der Waals surface area contributed by atoms with Crippen molar-refractivity contribution in [1.82, 2.24) is 10.6 Å².